The fraction of sp³-hybridized carbons (Fsp3) is 0.360. The second kappa shape index (κ2) is 8.92. The average Bonchev–Trinajstić information content (AvgIpc) is 3.03. The first-order chi connectivity index (χ1) is 15.0. The number of piperidine rings is 1. The molecule has 2 aromatic rings. The summed E-state index contributed by atoms with van der Waals surface area (Å²) in [6, 6.07) is 13.4. The summed E-state index contributed by atoms with van der Waals surface area (Å²) in [6.07, 6.45) is 2.48. The lowest BCUT2D eigenvalue weighted by Gasteiger charge is -2.32. The monoisotopic (exact) mass is 422 g/mol. The van der Waals surface area contributed by atoms with Gasteiger partial charge in [0, 0.05) is 19.6 Å². The van der Waals surface area contributed by atoms with Crippen molar-refractivity contribution in [3.8, 4) is 5.75 Å². The van der Waals surface area contributed by atoms with Gasteiger partial charge in [-0.05, 0) is 60.6 Å². The molecule has 0 spiro atoms. The Morgan fingerprint density at radius 2 is 1.61 bits per heavy atom. The van der Waals surface area contributed by atoms with E-state index in [0.29, 0.717) is 29.4 Å². The topological polar surface area (TPSA) is 49.9 Å². The molecule has 162 valence electrons. The Bertz CT molecular complexity index is 990. The molecule has 5 nitrogen and oxygen atoms in total. The summed E-state index contributed by atoms with van der Waals surface area (Å²) in [5.74, 6) is 0.492. The number of benzene rings is 2. The van der Waals surface area contributed by atoms with Crippen molar-refractivity contribution in [2.45, 2.75) is 26.2 Å². The molecular weight excluding hydrogens is 395 g/mol. The minimum absolute atomic E-state index is 0.243. The summed E-state index contributed by atoms with van der Waals surface area (Å²) in [5.41, 5.74) is 2.56. The Kier molecular flexibility index (Phi) is 6.07. The quantitative estimate of drug-likeness (QED) is 0.663. The second-order valence-electron chi connectivity index (χ2n) is 8.26. The van der Waals surface area contributed by atoms with Crippen LogP contribution in [0.15, 0.2) is 54.2 Å². The number of amides is 2. The third-order valence-electron chi connectivity index (χ3n) is 6.16. The summed E-state index contributed by atoms with van der Waals surface area (Å²) >= 11 is 0. The highest BCUT2D eigenvalue weighted by Gasteiger charge is 2.41. The number of nitrogens with zero attached hydrogens (tertiary/aromatic N) is 2. The summed E-state index contributed by atoms with van der Waals surface area (Å²) in [7, 11) is 1.59. The molecule has 0 bridgehead atoms. The predicted molar refractivity (Wildman–Crippen MR) is 117 cm³/mol. The van der Waals surface area contributed by atoms with E-state index >= 15 is 0 Å². The van der Waals surface area contributed by atoms with Crippen molar-refractivity contribution >= 4 is 17.4 Å². The number of hydrogen-bond acceptors (Lipinski definition) is 4. The van der Waals surface area contributed by atoms with Crippen LogP contribution in [0.4, 0.5) is 4.39 Å². The van der Waals surface area contributed by atoms with Gasteiger partial charge in [-0.3, -0.25) is 14.5 Å². The van der Waals surface area contributed by atoms with Crippen LogP contribution in [-0.4, -0.2) is 48.4 Å². The van der Waals surface area contributed by atoms with Crippen molar-refractivity contribution in [2.75, 3.05) is 26.7 Å². The largest absolute Gasteiger partial charge is 0.497 e. The number of methoxy groups -OCH3 is 1. The number of halogens is 1. The number of ether oxygens (including phenoxy) is 1. The van der Waals surface area contributed by atoms with Crippen molar-refractivity contribution in [1.29, 1.82) is 0 Å². The molecular formula is C25H27FN2O3. The zero-order chi connectivity index (χ0) is 22.0. The molecule has 0 unspecified atom stereocenters. The molecule has 0 radical (unpaired) electrons. The molecule has 2 amide bonds. The van der Waals surface area contributed by atoms with Crippen molar-refractivity contribution in [1.82, 2.24) is 9.80 Å². The highest BCUT2D eigenvalue weighted by molar-refractivity contribution is 6.35. The molecule has 2 aromatic carbocycles. The number of hydrogen-bond donors (Lipinski definition) is 0. The van der Waals surface area contributed by atoms with E-state index in [9.17, 15) is 14.0 Å². The molecule has 0 N–H and O–H groups in total. The van der Waals surface area contributed by atoms with Crippen LogP contribution >= 0.6 is 0 Å². The van der Waals surface area contributed by atoms with Gasteiger partial charge in [0.25, 0.3) is 11.8 Å². The zero-order valence-electron chi connectivity index (χ0n) is 17.9. The average molecular weight is 423 g/mol. The summed E-state index contributed by atoms with van der Waals surface area (Å²) in [5, 5.41) is 0. The van der Waals surface area contributed by atoms with Crippen LogP contribution in [0.3, 0.4) is 0 Å². The van der Waals surface area contributed by atoms with Gasteiger partial charge in [0.1, 0.15) is 17.3 Å². The molecule has 0 aliphatic carbocycles. The Hall–Kier alpha value is -3.15. The van der Waals surface area contributed by atoms with Gasteiger partial charge in [0.05, 0.1) is 12.7 Å². The number of imide groups is 1. The van der Waals surface area contributed by atoms with E-state index in [2.05, 4.69) is 11.8 Å². The Morgan fingerprint density at radius 3 is 2.23 bits per heavy atom. The minimum Gasteiger partial charge on any atom is -0.497 e. The Balaban J connectivity index is 1.63. The van der Waals surface area contributed by atoms with E-state index in [4.69, 9.17) is 4.74 Å². The van der Waals surface area contributed by atoms with E-state index in [1.807, 2.05) is 12.1 Å². The first-order valence-electron chi connectivity index (χ1n) is 10.7. The number of carbonyl (C=O) groups excluding carboxylic acids is 2. The Morgan fingerprint density at radius 1 is 0.968 bits per heavy atom. The smallest absolute Gasteiger partial charge is 0.277 e. The number of likely N-dealkylation sites (tertiary alicyclic amines) is 1. The summed E-state index contributed by atoms with van der Waals surface area (Å²) in [6.45, 7) is 4.01. The highest BCUT2D eigenvalue weighted by Crippen LogP contribution is 2.34. The van der Waals surface area contributed by atoms with Crippen molar-refractivity contribution in [3.05, 3.63) is 71.2 Å². The fourth-order valence-corrected chi connectivity index (χ4v) is 4.20. The second-order valence-corrected chi connectivity index (χ2v) is 8.26. The normalized spacial score (nSPS) is 17.6. The molecule has 1 saturated heterocycles. The van der Waals surface area contributed by atoms with Crippen molar-refractivity contribution in [2.24, 2.45) is 5.92 Å². The lowest BCUT2D eigenvalue weighted by molar-refractivity contribution is -0.137. The van der Waals surface area contributed by atoms with Crippen LogP contribution in [-0.2, 0) is 16.0 Å². The molecule has 6 heteroatoms. The maximum Gasteiger partial charge on any atom is 0.277 e. The van der Waals surface area contributed by atoms with Gasteiger partial charge in [0.2, 0.25) is 0 Å². The zero-order valence-corrected chi connectivity index (χ0v) is 17.9. The molecule has 2 aliphatic rings. The standard InChI is InChI=1S/C25H27FN2O3/c1-17-11-14-27(15-12-17)23-22(19-5-9-21(31-2)10-6-19)24(29)28(25(23)30)16-13-18-3-7-20(26)8-4-18/h3-10,17H,11-16H2,1-2H3. The van der Waals surface area contributed by atoms with E-state index in [1.54, 1.807) is 31.4 Å². The van der Waals surface area contributed by atoms with E-state index < -0.39 is 0 Å². The minimum atomic E-state index is -0.304. The molecule has 0 saturated carbocycles. The molecule has 2 heterocycles. The van der Waals surface area contributed by atoms with E-state index in [1.165, 1.54) is 17.0 Å². The van der Waals surface area contributed by atoms with Crippen LogP contribution in [0.1, 0.15) is 30.9 Å². The van der Waals surface area contributed by atoms with Crippen LogP contribution in [0.5, 0.6) is 5.75 Å². The number of carbonyl (C=O) groups is 2. The van der Waals surface area contributed by atoms with E-state index in [0.717, 1.165) is 37.1 Å². The number of rotatable bonds is 6. The van der Waals surface area contributed by atoms with Crippen molar-refractivity contribution < 1.29 is 18.7 Å². The molecule has 0 aromatic heterocycles. The van der Waals surface area contributed by atoms with Crippen LogP contribution in [0, 0.1) is 11.7 Å². The Labute approximate surface area is 182 Å². The van der Waals surface area contributed by atoms with Gasteiger partial charge in [-0.2, -0.15) is 0 Å². The molecule has 0 atom stereocenters. The van der Waals surface area contributed by atoms with Gasteiger partial charge in [-0.25, -0.2) is 4.39 Å². The summed E-state index contributed by atoms with van der Waals surface area (Å²) < 4.78 is 18.4. The van der Waals surface area contributed by atoms with Crippen LogP contribution < -0.4 is 4.74 Å². The van der Waals surface area contributed by atoms with E-state index in [-0.39, 0.29) is 24.2 Å². The molecule has 31 heavy (non-hydrogen) atoms. The van der Waals surface area contributed by atoms with Gasteiger partial charge in [-0.15, -0.1) is 0 Å². The third-order valence-corrected chi connectivity index (χ3v) is 6.16. The first-order valence-corrected chi connectivity index (χ1v) is 10.7. The third kappa shape index (κ3) is 4.33. The van der Waals surface area contributed by atoms with Crippen molar-refractivity contribution in [3.63, 3.8) is 0 Å². The van der Waals surface area contributed by atoms with Gasteiger partial charge in [-0.1, -0.05) is 31.2 Å². The van der Waals surface area contributed by atoms with Gasteiger partial charge >= 0.3 is 0 Å². The first kappa shape index (κ1) is 21.1. The van der Waals surface area contributed by atoms with Gasteiger partial charge < -0.3 is 9.64 Å². The molecule has 1 fully saturated rings. The summed E-state index contributed by atoms with van der Waals surface area (Å²) in [4.78, 5) is 30.2. The molecule has 2 aliphatic heterocycles. The lowest BCUT2D eigenvalue weighted by Crippen LogP contribution is -2.39. The van der Waals surface area contributed by atoms with Gasteiger partial charge in [0.15, 0.2) is 0 Å². The van der Waals surface area contributed by atoms with Crippen LogP contribution in [0.25, 0.3) is 5.57 Å². The molecule has 4 rings (SSSR count). The highest BCUT2D eigenvalue weighted by atomic mass is 19.1. The predicted octanol–water partition coefficient (Wildman–Crippen LogP) is 3.89. The maximum absolute atomic E-state index is 13.4. The lowest BCUT2D eigenvalue weighted by atomic mass is 9.97. The van der Waals surface area contributed by atoms with Crippen LogP contribution in [0.2, 0.25) is 0 Å². The SMILES string of the molecule is COc1ccc(C2=C(N3CCC(C)CC3)C(=O)N(CCc3ccc(F)cc3)C2=O)cc1. The fourth-order valence-electron chi connectivity index (χ4n) is 4.20. The maximum atomic E-state index is 13.4.